The SMILES string of the molecule is CC(C)(C(=O)O)C(=O)Nc1ccc(C(C)(C)C)cc1. The Morgan fingerprint density at radius 3 is 1.84 bits per heavy atom. The number of benzene rings is 1. The smallest absolute Gasteiger partial charge is 0.318 e. The van der Waals surface area contributed by atoms with Crippen LogP contribution >= 0.6 is 0 Å². The van der Waals surface area contributed by atoms with Gasteiger partial charge in [-0.05, 0) is 37.0 Å². The number of amides is 1. The molecule has 19 heavy (non-hydrogen) atoms. The van der Waals surface area contributed by atoms with Crippen molar-refractivity contribution in [3.05, 3.63) is 29.8 Å². The molecule has 1 aromatic carbocycles. The zero-order chi connectivity index (χ0) is 14.8. The predicted octanol–water partition coefficient (Wildman–Crippen LogP) is 3.03. The van der Waals surface area contributed by atoms with Gasteiger partial charge in [-0.15, -0.1) is 0 Å². The number of anilines is 1. The molecule has 4 nitrogen and oxygen atoms in total. The molecule has 1 amide bonds. The second-order valence-corrected chi connectivity index (χ2v) is 6.21. The number of carboxylic acids is 1. The predicted molar refractivity (Wildman–Crippen MR) is 75.2 cm³/mol. The molecular formula is C15H21NO3. The first kappa shape index (κ1) is 15.2. The average Bonchev–Trinajstić information content (AvgIpc) is 2.28. The lowest BCUT2D eigenvalue weighted by Crippen LogP contribution is -2.37. The van der Waals surface area contributed by atoms with Gasteiger partial charge in [0.15, 0.2) is 0 Å². The van der Waals surface area contributed by atoms with Gasteiger partial charge in [-0.1, -0.05) is 32.9 Å². The van der Waals surface area contributed by atoms with Crippen molar-refractivity contribution in [2.75, 3.05) is 5.32 Å². The minimum Gasteiger partial charge on any atom is -0.480 e. The number of rotatable bonds is 3. The van der Waals surface area contributed by atoms with Crippen LogP contribution in [0.5, 0.6) is 0 Å². The molecule has 0 heterocycles. The standard InChI is InChI=1S/C15H21NO3/c1-14(2,3)10-6-8-11(9-7-10)16-12(17)15(4,5)13(18)19/h6-9H,1-5H3,(H,16,17)(H,18,19). The summed E-state index contributed by atoms with van der Waals surface area (Å²) >= 11 is 0. The molecule has 0 bridgehead atoms. The molecule has 0 radical (unpaired) electrons. The van der Waals surface area contributed by atoms with Crippen LogP contribution in [0.15, 0.2) is 24.3 Å². The molecule has 1 aromatic rings. The van der Waals surface area contributed by atoms with Gasteiger partial charge in [-0.2, -0.15) is 0 Å². The van der Waals surface area contributed by atoms with Crippen LogP contribution in [0, 0.1) is 5.41 Å². The highest BCUT2D eigenvalue weighted by atomic mass is 16.4. The Kier molecular flexibility index (Phi) is 4.03. The van der Waals surface area contributed by atoms with E-state index < -0.39 is 17.3 Å². The number of hydrogen-bond donors (Lipinski definition) is 2. The molecule has 0 aromatic heterocycles. The van der Waals surface area contributed by atoms with Crippen LogP contribution in [-0.2, 0) is 15.0 Å². The van der Waals surface area contributed by atoms with E-state index in [-0.39, 0.29) is 5.41 Å². The van der Waals surface area contributed by atoms with Crippen LogP contribution in [0.2, 0.25) is 0 Å². The fourth-order valence-corrected chi connectivity index (χ4v) is 1.44. The van der Waals surface area contributed by atoms with Gasteiger partial charge >= 0.3 is 5.97 Å². The van der Waals surface area contributed by atoms with Gasteiger partial charge in [0.2, 0.25) is 5.91 Å². The molecule has 0 saturated heterocycles. The van der Waals surface area contributed by atoms with E-state index in [0.717, 1.165) is 5.56 Å². The quantitative estimate of drug-likeness (QED) is 0.824. The van der Waals surface area contributed by atoms with E-state index in [1.807, 2.05) is 12.1 Å². The van der Waals surface area contributed by atoms with Crippen molar-refractivity contribution in [3.8, 4) is 0 Å². The molecule has 0 aliphatic rings. The number of nitrogens with one attached hydrogen (secondary N) is 1. The highest BCUT2D eigenvalue weighted by molar-refractivity contribution is 6.07. The van der Waals surface area contributed by atoms with E-state index in [1.54, 1.807) is 12.1 Å². The number of hydrogen-bond acceptors (Lipinski definition) is 2. The Labute approximate surface area is 113 Å². The van der Waals surface area contributed by atoms with Crippen molar-refractivity contribution in [2.24, 2.45) is 5.41 Å². The van der Waals surface area contributed by atoms with E-state index in [0.29, 0.717) is 5.69 Å². The number of aliphatic carboxylic acids is 1. The fourth-order valence-electron chi connectivity index (χ4n) is 1.44. The van der Waals surface area contributed by atoms with Gasteiger partial charge in [-0.25, -0.2) is 0 Å². The lowest BCUT2D eigenvalue weighted by Gasteiger charge is -2.21. The average molecular weight is 263 g/mol. The third kappa shape index (κ3) is 3.56. The molecule has 0 fully saturated rings. The summed E-state index contributed by atoms with van der Waals surface area (Å²) in [6.45, 7) is 9.08. The van der Waals surface area contributed by atoms with Gasteiger partial charge in [0.25, 0.3) is 0 Å². The Bertz CT molecular complexity index is 481. The zero-order valence-corrected chi connectivity index (χ0v) is 12.1. The fraction of sp³-hybridized carbons (Fsp3) is 0.467. The second-order valence-electron chi connectivity index (χ2n) is 6.21. The summed E-state index contributed by atoms with van der Waals surface area (Å²) in [5.41, 5.74) is 0.362. The van der Waals surface area contributed by atoms with Crippen molar-refractivity contribution < 1.29 is 14.7 Å². The van der Waals surface area contributed by atoms with E-state index in [1.165, 1.54) is 13.8 Å². The number of carboxylic acid groups (broad SMARTS) is 1. The third-order valence-electron chi connectivity index (χ3n) is 3.11. The summed E-state index contributed by atoms with van der Waals surface area (Å²) < 4.78 is 0. The molecule has 0 unspecified atom stereocenters. The number of carbonyl (C=O) groups is 2. The maximum Gasteiger partial charge on any atom is 0.318 e. The Hall–Kier alpha value is -1.84. The van der Waals surface area contributed by atoms with Crippen molar-refractivity contribution in [1.82, 2.24) is 0 Å². The first-order chi connectivity index (χ1) is 8.55. The summed E-state index contributed by atoms with van der Waals surface area (Å²) in [6.07, 6.45) is 0. The summed E-state index contributed by atoms with van der Waals surface area (Å²) in [5.74, 6) is -1.67. The molecule has 0 spiro atoms. The van der Waals surface area contributed by atoms with Gasteiger partial charge in [0, 0.05) is 5.69 Å². The number of carbonyl (C=O) groups excluding carboxylic acids is 1. The Morgan fingerprint density at radius 1 is 1.00 bits per heavy atom. The first-order valence-corrected chi connectivity index (χ1v) is 6.20. The summed E-state index contributed by atoms with van der Waals surface area (Å²) in [7, 11) is 0. The third-order valence-corrected chi connectivity index (χ3v) is 3.11. The lowest BCUT2D eigenvalue weighted by molar-refractivity contribution is -0.151. The van der Waals surface area contributed by atoms with Crippen LogP contribution in [-0.4, -0.2) is 17.0 Å². The monoisotopic (exact) mass is 263 g/mol. The maximum atomic E-state index is 11.9. The molecule has 1 rings (SSSR count). The van der Waals surface area contributed by atoms with Crippen molar-refractivity contribution in [3.63, 3.8) is 0 Å². The van der Waals surface area contributed by atoms with Crippen LogP contribution in [0.4, 0.5) is 5.69 Å². The molecule has 2 N–H and O–H groups in total. The highest BCUT2D eigenvalue weighted by Gasteiger charge is 2.36. The van der Waals surface area contributed by atoms with Gasteiger partial charge < -0.3 is 10.4 Å². The largest absolute Gasteiger partial charge is 0.480 e. The van der Waals surface area contributed by atoms with Crippen LogP contribution in [0.1, 0.15) is 40.2 Å². The normalized spacial score (nSPS) is 12.1. The summed E-state index contributed by atoms with van der Waals surface area (Å²) in [6, 6.07) is 7.44. The van der Waals surface area contributed by atoms with Gasteiger partial charge in [0.05, 0.1) is 0 Å². The lowest BCUT2D eigenvalue weighted by atomic mass is 9.87. The Balaban J connectivity index is 2.85. The van der Waals surface area contributed by atoms with E-state index in [9.17, 15) is 9.59 Å². The molecule has 0 saturated carbocycles. The molecule has 0 aliphatic carbocycles. The summed E-state index contributed by atoms with van der Waals surface area (Å²) in [4.78, 5) is 22.8. The van der Waals surface area contributed by atoms with Crippen molar-refractivity contribution >= 4 is 17.6 Å². The van der Waals surface area contributed by atoms with Crippen LogP contribution < -0.4 is 5.32 Å². The minimum atomic E-state index is -1.44. The molecule has 0 atom stereocenters. The summed E-state index contributed by atoms with van der Waals surface area (Å²) in [5, 5.41) is 11.6. The Morgan fingerprint density at radius 2 is 1.47 bits per heavy atom. The zero-order valence-electron chi connectivity index (χ0n) is 12.1. The van der Waals surface area contributed by atoms with Crippen molar-refractivity contribution in [1.29, 1.82) is 0 Å². The highest BCUT2D eigenvalue weighted by Crippen LogP contribution is 2.24. The second kappa shape index (κ2) is 5.03. The van der Waals surface area contributed by atoms with E-state index in [2.05, 4.69) is 26.1 Å². The van der Waals surface area contributed by atoms with Gasteiger partial charge in [-0.3, -0.25) is 9.59 Å². The molecule has 104 valence electrons. The topological polar surface area (TPSA) is 66.4 Å². The first-order valence-electron chi connectivity index (χ1n) is 6.20. The molecular weight excluding hydrogens is 242 g/mol. The van der Waals surface area contributed by atoms with E-state index in [4.69, 9.17) is 5.11 Å². The van der Waals surface area contributed by atoms with E-state index >= 15 is 0 Å². The molecule has 0 aliphatic heterocycles. The van der Waals surface area contributed by atoms with Crippen molar-refractivity contribution in [2.45, 2.75) is 40.0 Å². The molecule has 4 heteroatoms. The minimum absolute atomic E-state index is 0.0445. The van der Waals surface area contributed by atoms with Gasteiger partial charge in [0.1, 0.15) is 5.41 Å². The van der Waals surface area contributed by atoms with Crippen LogP contribution in [0.3, 0.4) is 0 Å². The van der Waals surface area contributed by atoms with Crippen LogP contribution in [0.25, 0.3) is 0 Å². The maximum absolute atomic E-state index is 11.9.